The second kappa shape index (κ2) is 10.1. The molecule has 2 aliphatic heterocycles. The number of halogens is 4. The molecule has 8 heteroatoms. The highest BCUT2D eigenvalue weighted by Gasteiger charge is 2.35. The van der Waals surface area contributed by atoms with Gasteiger partial charge in [-0.1, -0.05) is 0 Å². The number of hydrogen-bond acceptors (Lipinski definition) is 4. The molecule has 138 valence electrons. The highest BCUT2D eigenvalue weighted by Crippen LogP contribution is 2.43. The van der Waals surface area contributed by atoms with Crippen LogP contribution in [-0.4, -0.2) is 49.4 Å². The number of piperazine rings is 1. The van der Waals surface area contributed by atoms with E-state index in [1.165, 1.54) is 6.07 Å². The van der Waals surface area contributed by atoms with E-state index < -0.39 is 0 Å². The summed E-state index contributed by atoms with van der Waals surface area (Å²) in [4.78, 5) is 2.30. The van der Waals surface area contributed by atoms with Gasteiger partial charge in [0.15, 0.2) is 0 Å². The number of nitrogens with one attached hydrogen (secondary N) is 1. The third kappa shape index (κ3) is 4.74. The fourth-order valence-electron chi connectivity index (χ4n) is 3.55. The summed E-state index contributed by atoms with van der Waals surface area (Å²) in [5.41, 5.74) is 0.433. The molecule has 0 bridgehead atoms. The molecule has 2 N–H and O–H groups in total. The van der Waals surface area contributed by atoms with Crippen molar-refractivity contribution in [1.82, 2.24) is 10.2 Å². The van der Waals surface area contributed by atoms with Crippen LogP contribution >= 0.6 is 40.7 Å². The van der Waals surface area contributed by atoms with Gasteiger partial charge in [0.25, 0.3) is 0 Å². The molecule has 0 radical (unpaired) electrons. The van der Waals surface area contributed by atoms with Gasteiger partial charge < -0.3 is 15.2 Å². The van der Waals surface area contributed by atoms with Gasteiger partial charge in [-0.15, -0.1) is 24.8 Å². The Kier molecular flexibility index (Phi) is 9.27. The molecule has 1 aromatic carbocycles. The van der Waals surface area contributed by atoms with E-state index in [1.807, 2.05) is 0 Å². The van der Waals surface area contributed by atoms with Crippen LogP contribution in [0.15, 0.2) is 16.6 Å². The van der Waals surface area contributed by atoms with Gasteiger partial charge in [-0.25, -0.2) is 4.39 Å². The van der Waals surface area contributed by atoms with Crippen molar-refractivity contribution in [2.24, 2.45) is 5.92 Å². The largest absolute Gasteiger partial charge is 0.506 e. The third-order valence-electron chi connectivity index (χ3n) is 4.67. The second-order valence-corrected chi connectivity index (χ2v) is 6.83. The number of benzene rings is 1. The van der Waals surface area contributed by atoms with Gasteiger partial charge in [-0.2, -0.15) is 0 Å². The Morgan fingerprint density at radius 3 is 2.46 bits per heavy atom. The molecule has 0 aliphatic carbocycles. The van der Waals surface area contributed by atoms with Gasteiger partial charge in [0, 0.05) is 51.0 Å². The van der Waals surface area contributed by atoms with E-state index in [0.717, 1.165) is 39.0 Å². The molecule has 2 heterocycles. The maximum Gasteiger partial charge on any atom is 0.137 e. The molecule has 2 aliphatic rings. The summed E-state index contributed by atoms with van der Waals surface area (Å²) >= 11 is 3.32. The predicted molar refractivity (Wildman–Crippen MR) is 101 cm³/mol. The first-order valence-corrected chi connectivity index (χ1v) is 8.67. The van der Waals surface area contributed by atoms with Gasteiger partial charge in [-0.3, -0.25) is 4.90 Å². The minimum absolute atomic E-state index is 0. The van der Waals surface area contributed by atoms with Crippen molar-refractivity contribution in [1.29, 1.82) is 0 Å². The fourth-order valence-corrected chi connectivity index (χ4v) is 3.89. The van der Waals surface area contributed by atoms with E-state index in [4.69, 9.17) is 4.74 Å². The van der Waals surface area contributed by atoms with Gasteiger partial charge in [0.2, 0.25) is 0 Å². The zero-order valence-electron chi connectivity index (χ0n) is 13.3. The zero-order chi connectivity index (χ0) is 15.5. The molecule has 0 aromatic heterocycles. The summed E-state index contributed by atoms with van der Waals surface area (Å²) in [6.07, 6.45) is 1.81. The Labute approximate surface area is 163 Å². The van der Waals surface area contributed by atoms with Crippen molar-refractivity contribution < 1.29 is 14.2 Å². The van der Waals surface area contributed by atoms with Crippen LogP contribution in [0.1, 0.15) is 24.4 Å². The average molecular weight is 446 g/mol. The first kappa shape index (κ1) is 21.9. The van der Waals surface area contributed by atoms with Crippen LogP contribution in [0, 0.1) is 11.7 Å². The van der Waals surface area contributed by atoms with E-state index in [1.54, 1.807) is 6.07 Å². The van der Waals surface area contributed by atoms with Crippen LogP contribution in [0.25, 0.3) is 0 Å². The predicted octanol–water partition coefficient (Wildman–Crippen LogP) is 3.51. The molecular weight excluding hydrogens is 422 g/mol. The summed E-state index contributed by atoms with van der Waals surface area (Å²) < 4.78 is 20.5. The Morgan fingerprint density at radius 1 is 1.21 bits per heavy atom. The molecule has 24 heavy (non-hydrogen) atoms. The maximum atomic E-state index is 14.5. The number of phenols is 1. The Bertz CT molecular complexity index is 509. The highest BCUT2D eigenvalue weighted by atomic mass is 79.9. The van der Waals surface area contributed by atoms with Crippen molar-refractivity contribution in [3.63, 3.8) is 0 Å². The molecule has 4 nitrogen and oxygen atoms in total. The summed E-state index contributed by atoms with van der Waals surface area (Å²) in [7, 11) is 0. The monoisotopic (exact) mass is 444 g/mol. The topological polar surface area (TPSA) is 44.7 Å². The van der Waals surface area contributed by atoms with Gasteiger partial charge >= 0.3 is 0 Å². The maximum absolute atomic E-state index is 14.5. The quantitative estimate of drug-likeness (QED) is 0.747. The van der Waals surface area contributed by atoms with E-state index in [2.05, 4.69) is 26.1 Å². The van der Waals surface area contributed by atoms with Gasteiger partial charge in [-0.05, 0) is 46.8 Å². The Balaban J connectivity index is 0.00000144. The fraction of sp³-hybridized carbons (Fsp3) is 0.625. The number of rotatable bonds is 3. The number of hydrogen-bond donors (Lipinski definition) is 2. The minimum Gasteiger partial charge on any atom is -0.506 e. The van der Waals surface area contributed by atoms with Gasteiger partial charge in [0.1, 0.15) is 11.6 Å². The smallest absolute Gasteiger partial charge is 0.137 e. The number of nitrogens with zero attached hydrogens (tertiary/aromatic N) is 1. The minimum atomic E-state index is -0.323. The molecule has 1 atom stereocenters. The van der Waals surface area contributed by atoms with Crippen LogP contribution in [0.3, 0.4) is 0 Å². The number of phenolic OH excluding ortho intramolecular Hbond substituents is 1. The molecular formula is C16H24BrCl2FN2O2. The van der Waals surface area contributed by atoms with Crippen LogP contribution in [0.4, 0.5) is 4.39 Å². The first-order chi connectivity index (χ1) is 10.7. The van der Waals surface area contributed by atoms with Crippen LogP contribution in [-0.2, 0) is 4.74 Å². The molecule has 0 unspecified atom stereocenters. The molecule has 2 fully saturated rings. The standard InChI is InChI=1S/C16H22BrFN2O2.2ClH/c17-12-1-2-13(18)14(16(12)21)15(11-3-9-22-10-4-11)20-7-5-19-6-8-20;;/h1-2,11,15,19,21H,3-10H2;2*1H/t15-;;/m1../s1. The Hall–Kier alpha value is -0.110. The lowest BCUT2D eigenvalue weighted by Gasteiger charge is -2.41. The van der Waals surface area contributed by atoms with Crippen LogP contribution < -0.4 is 5.32 Å². The van der Waals surface area contributed by atoms with E-state index in [9.17, 15) is 9.50 Å². The number of ether oxygens (including phenoxy) is 1. The first-order valence-electron chi connectivity index (χ1n) is 7.88. The van der Waals surface area contributed by atoms with Crippen molar-refractivity contribution in [3.8, 4) is 5.75 Å². The zero-order valence-corrected chi connectivity index (χ0v) is 16.6. The van der Waals surface area contributed by atoms with E-state index in [0.29, 0.717) is 29.2 Å². The summed E-state index contributed by atoms with van der Waals surface area (Å²) in [5, 5.41) is 13.8. The van der Waals surface area contributed by atoms with Crippen molar-refractivity contribution >= 4 is 40.7 Å². The van der Waals surface area contributed by atoms with Crippen LogP contribution in [0.2, 0.25) is 0 Å². The molecule has 0 amide bonds. The summed E-state index contributed by atoms with van der Waals surface area (Å²) in [5.74, 6) is 0.0206. The average Bonchev–Trinajstić information content (AvgIpc) is 2.57. The second-order valence-electron chi connectivity index (χ2n) is 5.97. The molecule has 0 saturated carbocycles. The van der Waals surface area contributed by atoms with E-state index in [-0.39, 0.29) is 42.4 Å². The van der Waals surface area contributed by atoms with Gasteiger partial charge in [0.05, 0.1) is 4.47 Å². The molecule has 0 spiro atoms. The van der Waals surface area contributed by atoms with Crippen LogP contribution in [0.5, 0.6) is 5.75 Å². The van der Waals surface area contributed by atoms with Crippen molar-refractivity contribution in [3.05, 3.63) is 28.0 Å². The molecule has 1 aromatic rings. The molecule has 3 rings (SSSR count). The number of aromatic hydroxyl groups is 1. The Morgan fingerprint density at radius 2 is 1.83 bits per heavy atom. The third-order valence-corrected chi connectivity index (χ3v) is 5.31. The van der Waals surface area contributed by atoms with Crippen molar-refractivity contribution in [2.75, 3.05) is 39.4 Å². The lowest BCUT2D eigenvalue weighted by molar-refractivity contribution is 0.0195. The van der Waals surface area contributed by atoms with Crippen molar-refractivity contribution in [2.45, 2.75) is 18.9 Å². The van der Waals surface area contributed by atoms with E-state index >= 15 is 0 Å². The lowest BCUT2D eigenvalue weighted by atomic mass is 9.85. The highest BCUT2D eigenvalue weighted by molar-refractivity contribution is 9.10. The SMILES string of the molecule is Cl.Cl.Oc1c(Br)ccc(F)c1[C@@H](C1CCOCC1)N1CCNCC1. The summed E-state index contributed by atoms with van der Waals surface area (Å²) in [6, 6.07) is 2.91. The lowest BCUT2D eigenvalue weighted by Crippen LogP contribution is -2.47. The normalized spacial score (nSPS) is 20.8. The molecule has 2 saturated heterocycles. The summed E-state index contributed by atoms with van der Waals surface area (Å²) in [6.45, 7) is 4.96.